The van der Waals surface area contributed by atoms with Crippen molar-refractivity contribution in [1.82, 2.24) is 25.2 Å². The molecule has 1 atom stereocenters. The SMILES string of the molecule is CCC(C)(C)NC(=O)[C@H](c1ccc(OC)c(OC)c1)N(CCC1=CCCCC1)C(=O)Cn1nnc2ccccc21. The molecule has 3 aromatic rings. The van der Waals surface area contributed by atoms with Gasteiger partial charge in [0.2, 0.25) is 11.8 Å². The first-order valence-electron chi connectivity index (χ1n) is 14.1. The molecule has 2 aromatic carbocycles. The largest absolute Gasteiger partial charge is 0.493 e. The van der Waals surface area contributed by atoms with Crippen LogP contribution in [0.5, 0.6) is 11.5 Å². The van der Waals surface area contributed by atoms with Gasteiger partial charge in [0.25, 0.3) is 0 Å². The second-order valence-electron chi connectivity index (χ2n) is 10.9. The van der Waals surface area contributed by atoms with Crippen molar-refractivity contribution in [1.29, 1.82) is 0 Å². The fourth-order valence-corrected chi connectivity index (χ4v) is 5.03. The molecule has 1 heterocycles. The number of allylic oxidation sites excluding steroid dienone is 1. The topological polar surface area (TPSA) is 98.6 Å². The molecule has 1 N–H and O–H groups in total. The molecule has 1 aliphatic rings. The zero-order chi connectivity index (χ0) is 28.7. The molecular weight excluding hydrogens is 506 g/mol. The lowest BCUT2D eigenvalue weighted by Gasteiger charge is -2.35. The van der Waals surface area contributed by atoms with Gasteiger partial charge < -0.3 is 19.7 Å². The summed E-state index contributed by atoms with van der Waals surface area (Å²) in [6, 6.07) is 12.1. The van der Waals surface area contributed by atoms with Gasteiger partial charge >= 0.3 is 0 Å². The zero-order valence-corrected chi connectivity index (χ0v) is 24.3. The minimum absolute atomic E-state index is 0.0339. The summed E-state index contributed by atoms with van der Waals surface area (Å²) in [7, 11) is 3.13. The van der Waals surface area contributed by atoms with Crippen LogP contribution < -0.4 is 14.8 Å². The van der Waals surface area contributed by atoms with Gasteiger partial charge in [-0.2, -0.15) is 0 Å². The number of hydrogen-bond acceptors (Lipinski definition) is 6. The van der Waals surface area contributed by atoms with E-state index in [9.17, 15) is 9.59 Å². The molecule has 0 saturated heterocycles. The van der Waals surface area contributed by atoms with E-state index in [-0.39, 0.29) is 18.4 Å². The average molecular weight is 548 g/mol. The first-order valence-corrected chi connectivity index (χ1v) is 14.1. The molecule has 1 aromatic heterocycles. The number of carbonyl (C=O) groups excluding carboxylic acids is 2. The van der Waals surface area contributed by atoms with Crippen molar-refractivity contribution in [3.05, 3.63) is 59.7 Å². The summed E-state index contributed by atoms with van der Waals surface area (Å²) >= 11 is 0. The second kappa shape index (κ2) is 13.0. The van der Waals surface area contributed by atoms with E-state index < -0.39 is 11.6 Å². The van der Waals surface area contributed by atoms with Gasteiger partial charge in [-0.05, 0) is 82.2 Å². The van der Waals surface area contributed by atoms with E-state index in [1.54, 1.807) is 35.9 Å². The van der Waals surface area contributed by atoms with Crippen molar-refractivity contribution < 1.29 is 19.1 Å². The number of benzene rings is 2. The number of ether oxygens (including phenoxy) is 2. The number of nitrogens with one attached hydrogen (secondary N) is 1. The summed E-state index contributed by atoms with van der Waals surface area (Å²) in [5, 5.41) is 11.6. The summed E-state index contributed by atoms with van der Waals surface area (Å²) in [6.45, 7) is 6.36. The van der Waals surface area contributed by atoms with Crippen LogP contribution in [0.4, 0.5) is 0 Å². The molecule has 0 aliphatic heterocycles. The molecule has 0 saturated carbocycles. The Morgan fingerprint density at radius 3 is 2.58 bits per heavy atom. The molecule has 2 amide bonds. The molecule has 0 bridgehead atoms. The van der Waals surface area contributed by atoms with Crippen molar-refractivity contribution >= 4 is 22.8 Å². The molecule has 9 heteroatoms. The third-order valence-electron chi connectivity index (χ3n) is 7.71. The molecule has 0 spiro atoms. The average Bonchev–Trinajstić information content (AvgIpc) is 3.37. The standard InChI is InChI=1S/C31H41N5O4/c1-6-31(2,3)32-30(38)29(23-16-17-26(39-4)27(20-23)40-5)35(19-18-22-12-8-7-9-13-22)28(37)21-36-25-15-11-10-14-24(25)33-34-36/h10-12,14-17,20,29H,6-9,13,18-19,21H2,1-5H3,(H,32,38)/t29-/m0/s1. The molecule has 0 unspecified atom stereocenters. The summed E-state index contributed by atoms with van der Waals surface area (Å²) in [5.74, 6) is 0.598. The summed E-state index contributed by atoms with van der Waals surface area (Å²) < 4.78 is 12.6. The maximum Gasteiger partial charge on any atom is 0.247 e. The van der Waals surface area contributed by atoms with Crippen molar-refractivity contribution in [2.45, 2.75) is 77.4 Å². The highest BCUT2D eigenvalue weighted by atomic mass is 16.5. The molecule has 214 valence electrons. The monoisotopic (exact) mass is 547 g/mol. The molecule has 0 fully saturated rings. The third-order valence-corrected chi connectivity index (χ3v) is 7.71. The van der Waals surface area contributed by atoms with Crippen LogP contribution in [-0.2, 0) is 16.1 Å². The van der Waals surface area contributed by atoms with Crippen molar-refractivity contribution in [3.63, 3.8) is 0 Å². The van der Waals surface area contributed by atoms with Crippen LogP contribution in [-0.4, -0.2) is 58.0 Å². The van der Waals surface area contributed by atoms with Crippen LogP contribution in [0.2, 0.25) is 0 Å². The van der Waals surface area contributed by atoms with E-state index in [4.69, 9.17) is 9.47 Å². The number of carbonyl (C=O) groups is 2. The van der Waals surface area contributed by atoms with E-state index in [1.165, 1.54) is 12.0 Å². The Hall–Kier alpha value is -3.88. The summed E-state index contributed by atoms with van der Waals surface area (Å²) in [5.41, 5.74) is 3.01. The summed E-state index contributed by atoms with van der Waals surface area (Å²) in [4.78, 5) is 29.9. The lowest BCUT2D eigenvalue weighted by molar-refractivity contribution is -0.142. The highest BCUT2D eigenvalue weighted by Gasteiger charge is 2.35. The fourth-order valence-electron chi connectivity index (χ4n) is 5.03. The molecule has 9 nitrogen and oxygen atoms in total. The third kappa shape index (κ3) is 6.81. The fraction of sp³-hybridized carbons (Fsp3) is 0.484. The lowest BCUT2D eigenvalue weighted by Crippen LogP contribution is -2.51. The van der Waals surface area contributed by atoms with E-state index in [0.717, 1.165) is 31.2 Å². The van der Waals surface area contributed by atoms with Gasteiger partial charge in [0, 0.05) is 12.1 Å². The predicted molar refractivity (Wildman–Crippen MR) is 155 cm³/mol. The van der Waals surface area contributed by atoms with Gasteiger partial charge in [-0.15, -0.1) is 5.10 Å². The molecule has 40 heavy (non-hydrogen) atoms. The van der Waals surface area contributed by atoms with Gasteiger partial charge in [0.05, 0.1) is 19.7 Å². The maximum atomic E-state index is 14.1. The number of para-hydroxylation sites is 1. The Kier molecular flexibility index (Phi) is 9.45. The number of nitrogens with zero attached hydrogens (tertiary/aromatic N) is 4. The van der Waals surface area contributed by atoms with Gasteiger partial charge in [0.1, 0.15) is 18.1 Å². The molecular formula is C31H41N5O4. The van der Waals surface area contributed by atoms with Crippen LogP contribution in [0.15, 0.2) is 54.1 Å². The highest BCUT2D eigenvalue weighted by Crippen LogP contribution is 2.33. The Bertz CT molecular complexity index is 1360. The lowest BCUT2D eigenvalue weighted by atomic mass is 9.95. The number of hydrogen-bond donors (Lipinski definition) is 1. The van der Waals surface area contributed by atoms with E-state index >= 15 is 0 Å². The summed E-state index contributed by atoms with van der Waals surface area (Å²) in [6.07, 6.45) is 8.14. The first kappa shape index (κ1) is 29.1. The van der Waals surface area contributed by atoms with Crippen LogP contribution in [0.3, 0.4) is 0 Å². The van der Waals surface area contributed by atoms with Gasteiger partial charge in [-0.1, -0.05) is 42.0 Å². The molecule has 0 radical (unpaired) electrons. The Morgan fingerprint density at radius 1 is 1.10 bits per heavy atom. The quantitative estimate of drug-likeness (QED) is 0.313. The van der Waals surface area contributed by atoms with Crippen LogP contribution in [0.1, 0.15) is 70.9 Å². The van der Waals surface area contributed by atoms with Crippen molar-refractivity contribution in [2.75, 3.05) is 20.8 Å². The van der Waals surface area contributed by atoms with Gasteiger partial charge in [-0.25, -0.2) is 4.68 Å². The number of aromatic nitrogens is 3. The Labute approximate surface area is 236 Å². The van der Waals surface area contributed by atoms with Crippen LogP contribution in [0, 0.1) is 0 Å². The number of rotatable bonds is 12. The van der Waals surface area contributed by atoms with E-state index in [0.29, 0.717) is 35.5 Å². The molecule has 4 rings (SSSR count). The second-order valence-corrected chi connectivity index (χ2v) is 10.9. The van der Waals surface area contributed by atoms with Crippen molar-refractivity contribution in [3.8, 4) is 11.5 Å². The molecule has 1 aliphatic carbocycles. The normalized spacial score (nSPS) is 14.4. The van der Waals surface area contributed by atoms with Gasteiger partial charge in [-0.3, -0.25) is 9.59 Å². The zero-order valence-electron chi connectivity index (χ0n) is 24.3. The van der Waals surface area contributed by atoms with Crippen molar-refractivity contribution in [2.24, 2.45) is 0 Å². The minimum atomic E-state index is -0.878. The number of amides is 2. The predicted octanol–water partition coefficient (Wildman–Crippen LogP) is 5.21. The Balaban J connectivity index is 1.75. The Morgan fingerprint density at radius 2 is 1.88 bits per heavy atom. The highest BCUT2D eigenvalue weighted by molar-refractivity contribution is 5.89. The van der Waals surface area contributed by atoms with Crippen LogP contribution >= 0.6 is 0 Å². The first-order chi connectivity index (χ1) is 19.3. The van der Waals surface area contributed by atoms with E-state index in [2.05, 4.69) is 21.7 Å². The smallest absolute Gasteiger partial charge is 0.247 e. The minimum Gasteiger partial charge on any atom is -0.493 e. The number of fused-ring (bicyclic) bond motifs is 1. The maximum absolute atomic E-state index is 14.1. The van der Waals surface area contributed by atoms with Gasteiger partial charge in [0.15, 0.2) is 11.5 Å². The number of methoxy groups -OCH3 is 2. The van der Waals surface area contributed by atoms with Crippen LogP contribution in [0.25, 0.3) is 11.0 Å². The van der Waals surface area contributed by atoms with E-state index in [1.807, 2.05) is 51.1 Å².